The fraction of sp³-hybridized carbons (Fsp3) is 0.600. The van der Waals surface area contributed by atoms with Crippen LogP contribution in [-0.2, 0) is 0 Å². The Bertz CT molecular complexity index is 407. The van der Waals surface area contributed by atoms with Crippen molar-refractivity contribution in [2.75, 3.05) is 25.4 Å². The van der Waals surface area contributed by atoms with E-state index in [1.807, 2.05) is 36.0 Å². The topological polar surface area (TPSA) is 23.5 Å². The Morgan fingerprint density at radius 3 is 2.68 bits per heavy atom. The third-order valence-corrected chi connectivity index (χ3v) is 5.30. The fourth-order valence-corrected chi connectivity index (χ4v) is 3.90. The molecule has 0 spiro atoms. The molecule has 1 fully saturated rings. The molecule has 0 radical (unpaired) electrons. The number of thioether (sulfide) groups is 1. The van der Waals surface area contributed by atoms with Gasteiger partial charge in [0.2, 0.25) is 0 Å². The molecule has 1 N–H and O–H groups in total. The Morgan fingerprint density at radius 1 is 1.37 bits per heavy atom. The summed E-state index contributed by atoms with van der Waals surface area (Å²) in [5.74, 6) is 1.20. The largest absolute Gasteiger partial charge is 0.388 e. The molecule has 0 bridgehead atoms. The van der Waals surface area contributed by atoms with Crippen molar-refractivity contribution in [3.63, 3.8) is 0 Å². The minimum Gasteiger partial charge on any atom is -0.388 e. The molecule has 1 aliphatic rings. The molecule has 0 aromatic heterocycles. The maximum absolute atomic E-state index is 10.2. The number of halogens is 1. The molecule has 1 atom stereocenters. The van der Waals surface area contributed by atoms with E-state index in [0.29, 0.717) is 4.75 Å². The molecular weight excluding hydrogens is 322 g/mol. The molecule has 0 aliphatic carbocycles. The van der Waals surface area contributed by atoms with Gasteiger partial charge in [-0.1, -0.05) is 28.1 Å². The third kappa shape index (κ3) is 4.78. The lowest BCUT2D eigenvalue weighted by atomic mass is 10.1. The molecule has 1 aromatic carbocycles. The highest BCUT2D eigenvalue weighted by Gasteiger charge is 2.26. The highest BCUT2D eigenvalue weighted by Crippen LogP contribution is 2.30. The Kier molecular flexibility index (Phi) is 5.35. The Labute approximate surface area is 128 Å². The van der Waals surface area contributed by atoms with E-state index in [1.165, 1.54) is 5.75 Å². The summed E-state index contributed by atoms with van der Waals surface area (Å²) in [6.45, 7) is 7.83. The van der Waals surface area contributed by atoms with Crippen molar-refractivity contribution in [3.05, 3.63) is 34.3 Å². The van der Waals surface area contributed by atoms with Gasteiger partial charge in [-0.15, -0.1) is 0 Å². The zero-order valence-corrected chi connectivity index (χ0v) is 14.0. The molecule has 2 rings (SSSR count). The highest BCUT2D eigenvalue weighted by atomic mass is 79.9. The van der Waals surface area contributed by atoms with Gasteiger partial charge in [-0.25, -0.2) is 0 Å². The first-order chi connectivity index (χ1) is 8.96. The van der Waals surface area contributed by atoms with E-state index in [2.05, 4.69) is 34.7 Å². The number of rotatable bonds is 4. The van der Waals surface area contributed by atoms with Gasteiger partial charge in [0.05, 0.1) is 6.10 Å². The predicted octanol–water partition coefficient (Wildman–Crippen LogP) is 3.70. The van der Waals surface area contributed by atoms with Gasteiger partial charge in [-0.05, 0) is 38.0 Å². The van der Waals surface area contributed by atoms with Crippen LogP contribution in [0.15, 0.2) is 28.7 Å². The van der Waals surface area contributed by atoms with Crippen LogP contribution in [0.1, 0.15) is 31.9 Å². The lowest BCUT2D eigenvalue weighted by molar-refractivity contribution is 0.140. The van der Waals surface area contributed by atoms with Gasteiger partial charge in [0, 0.05) is 34.6 Å². The van der Waals surface area contributed by atoms with Gasteiger partial charge in [0.1, 0.15) is 0 Å². The first-order valence-corrected chi connectivity index (χ1v) is 8.54. The molecule has 1 aliphatic heterocycles. The van der Waals surface area contributed by atoms with Crippen LogP contribution < -0.4 is 0 Å². The van der Waals surface area contributed by atoms with Crippen LogP contribution in [0.2, 0.25) is 0 Å². The summed E-state index contributed by atoms with van der Waals surface area (Å²) in [5.41, 5.74) is 1.01. The van der Waals surface area contributed by atoms with Crippen LogP contribution in [-0.4, -0.2) is 40.1 Å². The van der Waals surface area contributed by atoms with Crippen molar-refractivity contribution >= 4 is 27.7 Å². The molecule has 4 heteroatoms. The first-order valence-electron chi connectivity index (χ1n) is 6.76. The van der Waals surface area contributed by atoms with Crippen molar-refractivity contribution in [2.45, 2.75) is 31.1 Å². The minimum atomic E-state index is -0.356. The van der Waals surface area contributed by atoms with E-state index in [4.69, 9.17) is 0 Å². The number of hydrogen-bond acceptors (Lipinski definition) is 3. The van der Waals surface area contributed by atoms with E-state index < -0.39 is 0 Å². The average Bonchev–Trinajstić information content (AvgIpc) is 2.36. The molecule has 19 heavy (non-hydrogen) atoms. The second kappa shape index (κ2) is 6.61. The van der Waals surface area contributed by atoms with Gasteiger partial charge in [0.25, 0.3) is 0 Å². The lowest BCUT2D eigenvalue weighted by Gasteiger charge is -2.37. The summed E-state index contributed by atoms with van der Waals surface area (Å²) in [6, 6.07) is 7.95. The SMILES string of the molecule is CC1(C)CN(CCC(O)c2ccc(Br)cc2)CCS1. The standard InChI is InChI=1S/C15H22BrNOS/c1-15(2)11-17(9-10-19-15)8-7-14(18)12-3-5-13(16)6-4-12/h3-6,14,18H,7-11H2,1-2H3. The molecule has 1 heterocycles. The van der Waals surface area contributed by atoms with Gasteiger partial charge in [-0.2, -0.15) is 11.8 Å². The van der Waals surface area contributed by atoms with E-state index >= 15 is 0 Å². The van der Waals surface area contributed by atoms with Crippen molar-refractivity contribution in [3.8, 4) is 0 Å². The maximum Gasteiger partial charge on any atom is 0.0802 e. The second-order valence-electron chi connectivity index (χ2n) is 5.74. The molecule has 1 aromatic rings. The maximum atomic E-state index is 10.2. The quantitative estimate of drug-likeness (QED) is 0.901. The lowest BCUT2D eigenvalue weighted by Crippen LogP contribution is -2.43. The van der Waals surface area contributed by atoms with Crippen molar-refractivity contribution in [2.24, 2.45) is 0 Å². The normalized spacial score (nSPS) is 21.3. The molecule has 1 saturated heterocycles. The Hall–Kier alpha value is -0.0300. The first kappa shape index (κ1) is 15.4. The zero-order chi connectivity index (χ0) is 13.9. The van der Waals surface area contributed by atoms with Gasteiger partial charge < -0.3 is 10.0 Å². The van der Waals surface area contributed by atoms with Crippen LogP contribution in [0.25, 0.3) is 0 Å². The molecule has 106 valence electrons. The van der Waals surface area contributed by atoms with E-state index in [1.54, 1.807) is 0 Å². The van der Waals surface area contributed by atoms with Crippen molar-refractivity contribution in [1.82, 2.24) is 4.90 Å². The molecule has 0 amide bonds. The highest BCUT2D eigenvalue weighted by molar-refractivity contribution is 9.10. The second-order valence-corrected chi connectivity index (χ2v) is 8.46. The van der Waals surface area contributed by atoms with Crippen molar-refractivity contribution < 1.29 is 5.11 Å². The van der Waals surface area contributed by atoms with E-state index in [-0.39, 0.29) is 6.10 Å². The summed E-state index contributed by atoms with van der Waals surface area (Å²) in [7, 11) is 0. The zero-order valence-electron chi connectivity index (χ0n) is 11.6. The number of hydrogen-bond donors (Lipinski definition) is 1. The minimum absolute atomic E-state index is 0.348. The van der Waals surface area contributed by atoms with Crippen LogP contribution in [0.3, 0.4) is 0 Å². The summed E-state index contributed by atoms with van der Waals surface area (Å²) in [4.78, 5) is 2.47. The smallest absolute Gasteiger partial charge is 0.0802 e. The number of nitrogens with zero attached hydrogens (tertiary/aromatic N) is 1. The number of aliphatic hydroxyl groups excluding tert-OH is 1. The molecule has 1 unspecified atom stereocenters. The van der Waals surface area contributed by atoms with Crippen molar-refractivity contribution in [1.29, 1.82) is 0 Å². The Balaban J connectivity index is 1.83. The van der Waals surface area contributed by atoms with Crippen LogP contribution in [0.5, 0.6) is 0 Å². The number of aliphatic hydroxyl groups is 1. The average molecular weight is 344 g/mol. The Morgan fingerprint density at radius 2 is 2.05 bits per heavy atom. The van der Waals surface area contributed by atoms with Gasteiger partial charge in [-0.3, -0.25) is 0 Å². The summed E-state index contributed by atoms with van der Waals surface area (Å²) < 4.78 is 1.40. The monoisotopic (exact) mass is 343 g/mol. The summed E-state index contributed by atoms with van der Waals surface area (Å²) >= 11 is 5.46. The van der Waals surface area contributed by atoms with E-state index in [9.17, 15) is 5.11 Å². The van der Waals surface area contributed by atoms with Crippen LogP contribution in [0.4, 0.5) is 0 Å². The van der Waals surface area contributed by atoms with Crippen LogP contribution in [0, 0.1) is 0 Å². The summed E-state index contributed by atoms with van der Waals surface area (Å²) in [6.07, 6.45) is 0.452. The predicted molar refractivity (Wildman–Crippen MR) is 86.7 cm³/mol. The molecule has 0 saturated carbocycles. The van der Waals surface area contributed by atoms with Gasteiger partial charge in [0.15, 0.2) is 0 Å². The molecular formula is C15H22BrNOS. The van der Waals surface area contributed by atoms with Gasteiger partial charge >= 0.3 is 0 Å². The van der Waals surface area contributed by atoms with Crippen LogP contribution >= 0.6 is 27.7 Å². The van der Waals surface area contributed by atoms with E-state index in [0.717, 1.165) is 36.1 Å². The molecule has 2 nitrogen and oxygen atoms in total. The number of benzene rings is 1. The fourth-order valence-electron chi connectivity index (χ4n) is 2.46. The third-order valence-electron chi connectivity index (χ3n) is 3.48. The summed E-state index contributed by atoms with van der Waals surface area (Å²) in [5, 5.41) is 10.2.